The van der Waals surface area contributed by atoms with Crippen LogP contribution in [0.4, 0.5) is 0 Å². The number of hydrogen-bond donors (Lipinski definition) is 0. The van der Waals surface area contributed by atoms with Crippen molar-refractivity contribution in [1.29, 1.82) is 0 Å². The Balaban J connectivity index is 1.92. The first-order valence-electron chi connectivity index (χ1n) is 9.20. The molecule has 3 fully saturated rings. The lowest BCUT2D eigenvalue weighted by Crippen LogP contribution is -2.65. The van der Waals surface area contributed by atoms with Crippen molar-refractivity contribution in [3.05, 3.63) is 22.3 Å². The van der Waals surface area contributed by atoms with Crippen molar-refractivity contribution in [3.63, 3.8) is 0 Å². The molecule has 4 nitrogen and oxygen atoms in total. The van der Waals surface area contributed by atoms with E-state index in [1.807, 2.05) is 0 Å². The maximum Gasteiger partial charge on any atom is 0.321 e. The van der Waals surface area contributed by atoms with Crippen LogP contribution >= 0.6 is 0 Å². The Morgan fingerprint density at radius 3 is 1.54 bits per heavy atom. The van der Waals surface area contributed by atoms with Gasteiger partial charge in [0.15, 0.2) is 0 Å². The fourth-order valence-corrected chi connectivity index (χ4v) is 6.70. The van der Waals surface area contributed by atoms with Gasteiger partial charge in [-0.25, -0.2) is 0 Å². The summed E-state index contributed by atoms with van der Waals surface area (Å²) in [6.07, 6.45) is 2.78. The van der Waals surface area contributed by atoms with Gasteiger partial charge in [0.1, 0.15) is 23.0 Å². The van der Waals surface area contributed by atoms with E-state index in [1.165, 1.54) is 11.1 Å². The quantitative estimate of drug-likeness (QED) is 0.506. The maximum atomic E-state index is 13.3. The molecule has 0 amide bonds. The Hall–Kier alpha value is -1.58. The van der Waals surface area contributed by atoms with E-state index in [1.54, 1.807) is 0 Å². The van der Waals surface area contributed by atoms with Crippen LogP contribution in [0.5, 0.6) is 0 Å². The Bertz CT molecular complexity index is 696. The van der Waals surface area contributed by atoms with Crippen molar-refractivity contribution in [3.8, 4) is 0 Å². The molecule has 8 rings (SSSR count). The second-order valence-corrected chi connectivity index (χ2v) is 8.51. The van der Waals surface area contributed by atoms with Crippen molar-refractivity contribution < 1.29 is 19.1 Å². The smallest absolute Gasteiger partial charge is 0.321 e. The Labute approximate surface area is 142 Å². The summed E-state index contributed by atoms with van der Waals surface area (Å²) in [4.78, 5) is 26.5. The van der Waals surface area contributed by atoms with Crippen molar-refractivity contribution in [2.45, 2.75) is 65.6 Å². The van der Waals surface area contributed by atoms with E-state index >= 15 is 0 Å². The topological polar surface area (TPSA) is 52.6 Å². The van der Waals surface area contributed by atoms with Crippen molar-refractivity contribution in [2.24, 2.45) is 22.7 Å². The zero-order chi connectivity index (χ0) is 17.0. The minimum atomic E-state index is -0.786. The first-order chi connectivity index (χ1) is 11.4. The number of ether oxygens (including phenoxy) is 2. The van der Waals surface area contributed by atoms with E-state index in [2.05, 4.69) is 27.7 Å². The SMILES string of the molecule is CC1=C2CC[C@@H](C)[C@@]23C(=O)O[C@H]1[C@@]12C(=O)O[C@H]3C(C)=C1CC[C@@H]2C. The highest BCUT2D eigenvalue weighted by atomic mass is 16.6. The van der Waals surface area contributed by atoms with Crippen molar-refractivity contribution >= 4 is 11.9 Å². The van der Waals surface area contributed by atoms with E-state index in [4.69, 9.17) is 9.47 Å². The van der Waals surface area contributed by atoms with Gasteiger partial charge < -0.3 is 9.47 Å². The molecule has 4 heteroatoms. The van der Waals surface area contributed by atoms with Gasteiger partial charge in [-0.05, 0) is 73.7 Å². The van der Waals surface area contributed by atoms with E-state index < -0.39 is 23.0 Å². The summed E-state index contributed by atoms with van der Waals surface area (Å²) >= 11 is 0. The maximum absolute atomic E-state index is 13.3. The number of esters is 2. The van der Waals surface area contributed by atoms with Crippen LogP contribution < -0.4 is 0 Å². The van der Waals surface area contributed by atoms with Crippen molar-refractivity contribution in [1.82, 2.24) is 0 Å². The number of carbonyl (C=O) groups is 2. The van der Waals surface area contributed by atoms with Gasteiger partial charge in [-0.3, -0.25) is 9.59 Å². The predicted molar refractivity (Wildman–Crippen MR) is 86.8 cm³/mol. The van der Waals surface area contributed by atoms with Crippen LogP contribution in [0.15, 0.2) is 22.3 Å². The van der Waals surface area contributed by atoms with Gasteiger partial charge in [0.2, 0.25) is 0 Å². The molecule has 5 heterocycles. The average Bonchev–Trinajstić information content (AvgIpc) is 3.06. The van der Waals surface area contributed by atoms with Crippen LogP contribution in [0, 0.1) is 22.7 Å². The lowest BCUT2D eigenvalue weighted by molar-refractivity contribution is -0.205. The molecule has 0 N–H and O–H groups in total. The standard InChI is InChI=1S/C20H24O4/c1-9-5-7-13-11(3)16-20-10(2)6-8-14(20)12(4)15(23-18(20)22)19(9,13)17(21)24-16/h9-10,15-16H,5-8H2,1-4H3/t9-,10+,15+,16-,19-,20+. The largest absolute Gasteiger partial charge is 0.455 e. The van der Waals surface area contributed by atoms with Gasteiger partial charge >= 0.3 is 11.9 Å². The first kappa shape index (κ1) is 14.7. The molecule has 3 aliphatic carbocycles. The third-order valence-electron chi connectivity index (χ3n) is 7.90. The highest BCUT2D eigenvalue weighted by molar-refractivity contribution is 5.93. The zero-order valence-corrected chi connectivity index (χ0v) is 14.8. The molecular weight excluding hydrogens is 304 g/mol. The number of carbonyl (C=O) groups excluding carboxylic acids is 2. The molecule has 0 unspecified atom stereocenters. The van der Waals surface area contributed by atoms with Crippen LogP contribution in [0.3, 0.4) is 0 Å². The third-order valence-corrected chi connectivity index (χ3v) is 7.90. The fourth-order valence-electron chi connectivity index (χ4n) is 6.70. The summed E-state index contributed by atoms with van der Waals surface area (Å²) in [5, 5.41) is 0. The first-order valence-corrected chi connectivity index (χ1v) is 9.20. The zero-order valence-electron chi connectivity index (χ0n) is 14.8. The molecule has 2 saturated carbocycles. The summed E-state index contributed by atoms with van der Waals surface area (Å²) in [6, 6.07) is 0. The van der Waals surface area contributed by atoms with Crippen LogP contribution in [0.2, 0.25) is 0 Å². The molecular formula is C20H24O4. The summed E-state index contributed by atoms with van der Waals surface area (Å²) in [6.45, 7) is 8.38. The van der Waals surface area contributed by atoms with Crippen molar-refractivity contribution in [2.75, 3.05) is 0 Å². The molecule has 0 radical (unpaired) electrons. The number of hydrogen-bond acceptors (Lipinski definition) is 4. The molecule has 4 bridgehead atoms. The van der Waals surface area contributed by atoms with Crippen LogP contribution in [0.25, 0.3) is 0 Å². The molecule has 128 valence electrons. The summed E-state index contributed by atoms with van der Waals surface area (Å²) in [5.74, 6) is -0.0534. The average molecular weight is 328 g/mol. The molecule has 0 aromatic rings. The lowest BCUT2D eigenvalue weighted by atomic mass is 9.56. The highest BCUT2D eigenvalue weighted by Crippen LogP contribution is 2.67. The molecule has 24 heavy (non-hydrogen) atoms. The summed E-state index contributed by atoms with van der Waals surface area (Å²) < 4.78 is 12.1. The third kappa shape index (κ3) is 1.19. The normalized spacial score (nSPS) is 49.0. The lowest BCUT2D eigenvalue weighted by Gasteiger charge is -2.56. The fraction of sp³-hybridized carbons (Fsp3) is 0.700. The van der Waals surface area contributed by atoms with Crippen LogP contribution in [-0.2, 0) is 19.1 Å². The van der Waals surface area contributed by atoms with Gasteiger partial charge in [-0.2, -0.15) is 0 Å². The number of rotatable bonds is 0. The van der Waals surface area contributed by atoms with E-state index in [-0.39, 0.29) is 23.8 Å². The molecule has 6 atom stereocenters. The highest BCUT2D eigenvalue weighted by Gasteiger charge is 2.73. The van der Waals surface area contributed by atoms with E-state index in [0.717, 1.165) is 36.8 Å². The van der Waals surface area contributed by atoms with Crippen LogP contribution in [-0.4, -0.2) is 24.1 Å². The minimum absolute atomic E-state index is 0.133. The summed E-state index contributed by atoms with van der Waals surface area (Å²) in [5.41, 5.74) is 3.08. The summed E-state index contributed by atoms with van der Waals surface area (Å²) in [7, 11) is 0. The van der Waals surface area contributed by atoms with Gasteiger partial charge in [-0.15, -0.1) is 0 Å². The molecule has 0 aromatic heterocycles. The molecule has 0 aromatic carbocycles. The predicted octanol–water partition coefficient (Wildman–Crippen LogP) is 3.32. The van der Waals surface area contributed by atoms with Gasteiger partial charge in [0.05, 0.1) is 0 Å². The Morgan fingerprint density at radius 1 is 0.792 bits per heavy atom. The van der Waals surface area contributed by atoms with Gasteiger partial charge in [0, 0.05) is 0 Å². The molecule has 2 spiro atoms. The monoisotopic (exact) mass is 328 g/mol. The minimum Gasteiger partial charge on any atom is -0.455 e. The second-order valence-electron chi connectivity index (χ2n) is 8.51. The van der Waals surface area contributed by atoms with Gasteiger partial charge in [0.25, 0.3) is 0 Å². The van der Waals surface area contributed by atoms with E-state index in [9.17, 15) is 9.59 Å². The second kappa shape index (κ2) is 4.14. The van der Waals surface area contributed by atoms with E-state index in [0.29, 0.717) is 0 Å². The molecule has 1 saturated heterocycles. The Kier molecular flexibility index (Phi) is 2.55. The molecule has 5 aliphatic heterocycles. The van der Waals surface area contributed by atoms with Gasteiger partial charge in [-0.1, -0.05) is 13.8 Å². The van der Waals surface area contributed by atoms with Crippen LogP contribution in [0.1, 0.15) is 53.4 Å². The Morgan fingerprint density at radius 2 is 1.17 bits per heavy atom. The molecule has 8 aliphatic rings.